The first-order valence-corrected chi connectivity index (χ1v) is 8.05. The van der Waals surface area contributed by atoms with Gasteiger partial charge in [-0.2, -0.15) is 5.10 Å². The maximum Gasteiger partial charge on any atom is 0.274 e. The van der Waals surface area contributed by atoms with Crippen LogP contribution in [0.15, 0.2) is 30.5 Å². The van der Waals surface area contributed by atoms with Crippen LogP contribution in [0.3, 0.4) is 0 Å². The number of pyridine rings is 1. The largest absolute Gasteiger partial charge is 0.351 e. The van der Waals surface area contributed by atoms with E-state index in [0.717, 1.165) is 24.2 Å². The number of rotatable bonds is 4. The molecule has 1 aliphatic heterocycles. The Bertz CT molecular complexity index is 755. The highest BCUT2D eigenvalue weighted by Gasteiger charge is 2.32. The monoisotopic (exact) mass is 327 g/mol. The smallest absolute Gasteiger partial charge is 0.274 e. The number of hydrogen-bond acceptors (Lipinski definition) is 4. The Morgan fingerprint density at radius 2 is 2.17 bits per heavy atom. The van der Waals surface area contributed by atoms with E-state index < -0.39 is 0 Å². The molecular weight excluding hydrogens is 306 g/mol. The third-order valence-corrected chi connectivity index (χ3v) is 4.13. The quantitative estimate of drug-likeness (QED) is 0.921. The fourth-order valence-electron chi connectivity index (χ4n) is 2.99. The van der Waals surface area contributed by atoms with Gasteiger partial charge in [0.15, 0.2) is 0 Å². The van der Waals surface area contributed by atoms with Crippen LogP contribution in [-0.4, -0.2) is 38.0 Å². The molecule has 0 aromatic carbocycles. The molecule has 3 heterocycles. The molecule has 0 spiro atoms. The molecule has 0 bridgehead atoms. The van der Waals surface area contributed by atoms with Crippen molar-refractivity contribution in [2.24, 2.45) is 7.05 Å². The molecule has 7 nitrogen and oxygen atoms in total. The molecule has 2 amide bonds. The minimum Gasteiger partial charge on any atom is -0.351 e. The molecular formula is C17H21N5O2. The van der Waals surface area contributed by atoms with Crippen LogP contribution in [0.2, 0.25) is 0 Å². The summed E-state index contributed by atoms with van der Waals surface area (Å²) in [4.78, 5) is 30.2. The van der Waals surface area contributed by atoms with Gasteiger partial charge in [0.05, 0.1) is 24.0 Å². The van der Waals surface area contributed by atoms with Crippen LogP contribution < -0.4 is 5.32 Å². The van der Waals surface area contributed by atoms with Gasteiger partial charge in [-0.3, -0.25) is 19.3 Å². The number of aryl methyl sites for hydroxylation is 1. The molecule has 1 fully saturated rings. The molecule has 1 N–H and O–H groups in total. The predicted molar refractivity (Wildman–Crippen MR) is 88.0 cm³/mol. The van der Waals surface area contributed by atoms with Gasteiger partial charge in [0.2, 0.25) is 5.91 Å². The SMILES string of the molecule is CC(=O)NCc1cccc([C@@H]2CCCN2C(=O)c2ccn(C)n2)n1. The fraction of sp³-hybridized carbons (Fsp3) is 0.412. The number of carbonyl (C=O) groups is 2. The average molecular weight is 327 g/mol. The second-order valence-corrected chi connectivity index (χ2v) is 5.99. The van der Waals surface area contributed by atoms with Crippen molar-refractivity contribution in [2.45, 2.75) is 32.4 Å². The summed E-state index contributed by atoms with van der Waals surface area (Å²) in [5.74, 6) is -0.151. The first-order chi connectivity index (χ1) is 11.5. The van der Waals surface area contributed by atoms with Crippen molar-refractivity contribution < 1.29 is 9.59 Å². The molecule has 1 atom stereocenters. The van der Waals surface area contributed by atoms with E-state index in [9.17, 15) is 9.59 Å². The predicted octanol–water partition coefficient (Wildman–Crippen LogP) is 1.43. The molecule has 2 aromatic rings. The van der Waals surface area contributed by atoms with Gasteiger partial charge in [0.1, 0.15) is 5.69 Å². The fourth-order valence-corrected chi connectivity index (χ4v) is 2.99. The van der Waals surface area contributed by atoms with Gasteiger partial charge in [-0.25, -0.2) is 0 Å². The third-order valence-electron chi connectivity index (χ3n) is 4.13. The lowest BCUT2D eigenvalue weighted by molar-refractivity contribution is -0.119. The molecule has 2 aromatic heterocycles. The Kier molecular flexibility index (Phi) is 4.59. The van der Waals surface area contributed by atoms with Crippen LogP contribution in [-0.2, 0) is 18.4 Å². The van der Waals surface area contributed by atoms with Crippen LogP contribution in [0.25, 0.3) is 0 Å². The highest BCUT2D eigenvalue weighted by Crippen LogP contribution is 2.31. The number of likely N-dealkylation sites (tertiary alicyclic amines) is 1. The van der Waals surface area contributed by atoms with Crippen molar-refractivity contribution >= 4 is 11.8 Å². The Hall–Kier alpha value is -2.70. The van der Waals surface area contributed by atoms with Gasteiger partial charge >= 0.3 is 0 Å². The summed E-state index contributed by atoms with van der Waals surface area (Å²) in [7, 11) is 1.80. The molecule has 3 rings (SSSR count). The number of aromatic nitrogens is 3. The maximum atomic E-state index is 12.7. The molecule has 24 heavy (non-hydrogen) atoms. The second-order valence-electron chi connectivity index (χ2n) is 5.99. The molecule has 0 aliphatic carbocycles. The van der Waals surface area contributed by atoms with Crippen LogP contribution in [0.1, 0.15) is 47.7 Å². The highest BCUT2D eigenvalue weighted by atomic mass is 16.2. The summed E-state index contributed by atoms with van der Waals surface area (Å²) < 4.78 is 1.63. The van der Waals surface area contributed by atoms with E-state index in [0.29, 0.717) is 18.8 Å². The average Bonchev–Trinajstić information content (AvgIpc) is 3.21. The number of hydrogen-bond donors (Lipinski definition) is 1. The number of amides is 2. The third kappa shape index (κ3) is 3.45. The molecule has 7 heteroatoms. The number of nitrogens with zero attached hydrogens (tertiary/aromatic N) is 4. The van der Waals surface area contributed by atoms with Gasteiger partial charge in [-0.1, -0.05) is 6.07 Å². The van der Waals surface area contributed by atoms with E-state index in [-0.39, 0.29) is 17.9 Å². The summed E-state index contributed by atoms with van der Waals surface area (Å²) >= 11 is 0. The lowest BCUT2D eigenvalue weighted by atomic mass is 10.1. The van der Waals surface area contributed by atoms with Gasteiger partial charge in [0, 0.05) is 26.7 Å². The van der Waals surface area contributed by atoms with Crippen LogP contribution >= 0.6 is 0 Å². The van der Waals surface area contributed by atoms with E-state index in [1.807, 2.05) is 23.1 Å². The topological polar surface area (TPSA) is 80.1 Å². The minimum absolute atomic E-state index is 0.0446. The van der Waals surface area contributed by atoms with Crippen molar-refractivity contribution in [3.63, 3.8) is 0 Å². The molecule has 126 valence electrons. The molecule has 1 aliphatic rings. The number of carbonyl (C=O) groups excluding carboxylic acids is 2. The molecule has 0 radical (unpaired) electrons. The van der Waals surface area contributed by atoms with Crippen molar-refractivity contribution in [3.05, 3.63) is 47.5 Å². The molecule has 1 saturated heterocycles. The van der Waals surface area contributed by atoms with Crippen LogP contribution in [0.4, 0.5) is 0 Å². The first-order valence-electron chi connectivity index (χ1n) is 8.05. The Balaban J connectivity index is 1.79. The van der Waals surface area contributed by atoms with Gasteiger partial charge in [-0.05, 0) is 31.0 Å². The summed E-state index contributed by atoms with van der Waals surface area (Å²) in [6.45, 7) is 2.58. The zero-order chi connectivity index (χ0) is 17.1. The zero-order valence-corrected chi connectivity index (χ0v) is 13.9. The normalized spacial score (nSPS) is 17.1. The van der Waals surface area contributed by atoms with Gasteiger partial charge in [-0.15, -0.1) is 0 Å². The lowest BCUT2D eigenvalue weighted by Crippen LogP contribution is -2.31. The summed E-state index contributed by atoms with van der Waals surface area (Å²) in [6, 6.07) is 7.42. The summed E-state index contributed by atoms with van der Waals surface area (Å²) in [6.07, 6.45) is 3.60. The second kappa shape index (κ2) is 6.82. The Morgan fingerprint density at radius 1 is 1.33 bits per heavy atom. The minimum atomic E-state index is -0.0879. The highest BCUT2D eigenvalue weighted by molar-refractivity contribution is 5.92. The van der Waals surface area contributed by atoms with E-state index >= 15 is 0 Å². The lowest BCUT2D eigenvalue weighted by Gasteiger charge is -2.24. The summed E-state index contributed by atoms with van der Waals surface area (Å²) in [5.41, 5.74) is 2.11. The zero-order valence-electron chi connectivity index (χ0n) is 13.9. The van der Waals surface area contributed by atoms with Crippen molar-refractivity contribution in [2.75, 3.05) is 6.54 Å². The standard InChI is InChI=1S/C17H21N5O2/c1-12(23)18-11-13-5-3-6-14(19-13)16-7-4-9-22(16)17(24)15-8-10-21(2)20-15/h3,5-6,8,10,16H,4,7,9,11H2,1-2H3,(H,18,23)/t16-/m0/s1. The van der Waals surface area contributed by atoms with Crippen molar-refractivity contribution in [1.29, 1.82) is 0 Å². The Morgan fingerprint density at radius 3 is 2.88 bits per heavy atom. The Labute approximate surface area is 140 Å². The molecule has 0 saturated carbocycles. The van der Waals surface area contributed by atoms with Gasteiger partial charge < -0.3 is 10.2 Å². The van der Waals surface area contributed by atoms with Crippen LogP contribution in [0.5, 0.6) is 0 Å². The van der Waals surface area contributed by atoms with E-state index in [1.165, 1.54) is 6.92 Å². The summed E-state index contributed by atoms with van der Waals surface area (Å²) in [5, 5.41) is 6.95. The van der Waals surface area contributed by atoms with Gasteiger partial charge in [0.25, 0.3) is 5.91 Å². The van der Waals surface area contributed by atoms with Crippen molar-refractivity contribution in [3.8, 4) is 0 Å². The number of nitrogens with one attached hydrogen (secondary N) is 1. The van der Waals surface area contributed by atoms with E-state index in [2.05, 4.69) is 15.4 Å². The van der Waals surface area contributed by atoms with E-state index in [4.69, 9.17) is 0 Å². The van der Waals surface area contributed by atoms with Crippen LogP contribution in [0, 0.1) is 0 Å². The first kappa shape index (κ1) is 16.2. The van der Waals surface area contributed by atoms with E-state index in [1.54, 1.807) is 24.0 Å². The van der Waals surface area contributed by atoms with Crippen molar-refractivity contribution in [1.82, 2.24) is 25.0 Å². The maximum absolute atomic E-state index is 12.7. The molecule has 0 unspecified atom stereocenters.